The van der Waals surface area contributed by atoms with Gasteiger partial charge >= 0.3 is 0 Å². The second kappa shape index (κ2) is 14.5. The third kappa shape index (κ3) is 8.89. The molecular formula is C18H36Cl2N4O2. The van der Waals surface area contributed by atoms with E-state index in [0.29, 0.717) is 13.0 Å². The lowest BCUT2D eigenvalue weighted by atomic mass is 10.1. The summed E-state index contributed by atoms with van der Waals surface area (Å²) in [6.45, 7) is 6.25. The molecule has 0 aliphatic carbocycles. The van der Waals surface area contributed by atoms with Crippen molar-refractivity contribution in [2.45, 2.75) is 51.4 Å². The molecule has 0 aromatic rings. The van der Waals surface area contributed by atoms with Gasteiger partial charge in [-0.25, -0.2) is 0 Å². The summed E-state index contributed by atoms with van der Waals surface area (Å²) in [5.41, 5.74) is 5.48. The number of hydrogen-bond donors (Lipinski definition) is 1. The zero-order chi connectivity index (χ0) is 17.2. The van der Waals surface area contributed by atoms with Gasteiger partial charge < -0.3 is 15.5 Å². The van der Waals surface area contributed by atoms with Crippen molar-refractivity contribution in [3.63, 3.8) is 0 Å². The lowest BCUT2D eigenvalue weighted by Crippen LogP contribution is -2.52. The Hall–Kier alpha value is -0.560. The Morgan fingerprint density at radius 3 is 1.88 bits per heavy atom. The Morgan fingerprint density at radius 2 is 1.27 bits per heavy atom. The van der Waals surface area contributed by atoms with E-state index in [1.807, 2.05) is 9.80 Å². The first-order chi connectivity index (χ1) is 11.7. The van der Waals surface area contributed by atoms with Gasteiger partial charge in [-0.05, 0) is 38.6 Å². The summed E-state index contributed by atoms with van der Waals surface area (Å²) >= 11 is 0. The number of nitrogens with zero attached hydrogens (tertiary/aromatic N) is 3. The van der Waals surface area contributed by atoms with Crippen LogP contribution in [0.3, 0.4) is 0 Å². The molecule has 2 aliphatic rings. The molecule has 2 fully saturated rings. The summed E-state index contributed by atoms with van der Waals surface area (Å²) in [7, 11) is 0. The summed E-state index contributed by atoms with van der Waals surface area (Å²) in [5.74, 6) is 0.527. The van der Waals surface area contributed by atoms with Gasteiger partial charge in [0.25, 0.3) is 0 Å². The summed E-state index contributed by atoms with van der Waals surface area (Å²) in [4.78, 5) is 30.7. The minimum Gasteiger partial charge on any atom is -0.342 e. The largest absolute Gasteiger partial charge is 0.342 e. The van der Waals surface area contributed by atoms with Crippen LogP contribution in [-0.4, -0.2) is 78.9 Å². The van der Waals surface area contributed by atoms with Crippen LogP contribution >= 0.6 is 24.8 Å². The topological polar surface area (TPSA) is 69.9 Å². The molecular weight excluding hydrogens is 375 g/mol. The zero-order valence-electron chi connectivity index (χ0n) is 15.9. The number of amides is 2. The van der Waals surface area contributed by atoms with Crippen molar-refractivity contribution < 1.29 is 9.59 Å². The van der Waals surface area contributed by atoms with Gasteiger partial charge in [-0.15, -0.1) is 24.8 Å². The number of carbonyl (C=O) groups is 2. The maximum absolute atomic E-state index is 12.3. The standard InChI is InChI=1S/C18H34N4O2.2ClH/c19-9-5-2-1-4-8-17(23)22-14-12-20(13-15-22)16-18(24)21-10-6-3-7-11-21;;/h1-16,19H2;2*1H. The maximum Gasteiger partial charge on any atom is 0.236 e. The van der Waals surface area contributed by atoms with Gasteiger partial charge in [0.1, 0.15) is 0 Å². The van der Waals surface area contributed by atoms with Crippen LogP contribution in [-0.2, 0) is 9.59 Å². The van der Waals surface area contributed by atoms with Crippen LogP contribution in [0.25, 0.3) is 0 Å². The maximum atomic E-state index is 12.3. The monoisotopic (exact) mass is 410 g/mol. The molecule has 0 aromatic heterocycles. The normalized spacial score (nSPS) is 18.0. The van der Waals surface area contributed by atoms with Crippen LogP contribution in [0.4, 0.5) is 0 Å². The van der Waals surface area contributed by atoms with Crippen molar-refractivity contribution in [2.75, 3.05) is 52.4 Å². The average molecular weight is 411 g/mol. The molecule has 2 saturated heterocycles. The van der Waals surface area contributed by atoms with Crippen molar-refractivity contribution in [3.8, 4) is 0 Å². The number of hydrogen-bond acceptors (Lipinski definition) is 4. The van der Waals surface area contributed by atoms with E-state index in [9.17, 15) is 9.59 Å². The van der Waals surface area contributed by atoms with Gasteiger partial charge in [0.15, 0.2) is 0 Å². The highest BCUT2D eigenvalue weighted by Crippen LogP contribution is 2.11. The summed E-state index contributed by atoms with van der Waals surface area (Å²) in [6.07, 6.45) is 8.40. The highest BCUT2D eigenvalue weighted by molar-refractivity contribution is 5.85. The van der Waals surface area contributed by atoms with E-state index >= 15 is 0 Å². The average Bonchev–Trinajstić information content (AvgIpc) is 2.62. The number of nitrogens with two attached hydrogens (primary N) is 1. The van der Waals surface area contributed by atoms with E-state index in [1.54, 1.807) is 0 Å². The molecule has 26 heavy (non-hydrogen) atoms. The molecule has 0 spiro atoms. The van der Waals surface area contributed by atoms with Gasteiger partial charge in [-0.3, -0.25) is 14.5 Å². The lowest BCUT2D eigenvalue weighted by molar-refractivity contribution is -0.135. The minimum atomic E-state index is 0. The number of piperazine rings is 1. The highest BCUT2D eigenvalue weighted by Gasteiger charge is 2.24. The Kier molecular flexibility index (Phi) is 14.2. The molecule has 0 atom stereocenters. The molecule has 154 valence electrons. The third-order valence-corrected chi connectivity index (χ3v) is 5.14. The number of halogens is 2. The number of piperidine rings is 1. The molecule has 2 heterocycles. The molecule has 8 heteroatoms. The molecule has 6 nitrogen and oxygen atoms in total. The second-order valence-corrected chi connectivity index (χ2v) is 7.05. The van der Waals surface area contributed by atoms with Gasteiger partial charge in [-0.2, -0.15) is 0 Å². The minimum absolute atomic E-state index is 0. The van der Waals surface area contributed by atoms with Crippen molar-refractivity contribution >= 4 is 36.6 Å². The highest BCUT2D eigenvalue weighted by atomic mass is 35.5. The van der Waals surface area contributed by atoms with Crippen LogP contribution in [0.5, 0.6) is 0 Å². The molecule has 0 radical (unpaired) electrons. The second-order valence-electron chi connectivity index (χ2n) is 7.05. The Bertz CT molecular complexity index is 399. The van der Waals surface area contributed by atoms with E-state index in [0.717, 1.165) is 84.3 Å². The van der Waals surface area contributed by atoms with Gasteiger partial charge in [0.2, 0.25) is 11.8 Å². The predicted octanol–water partition coefficient (Wildman–Crippen LogP) is 1.90. The molecule has 2 rings (SSSR count). The first-order valence-electron chi connectivity index (χ1n) is 9.68. The van der Waals surface area contributed by atoms with E-state index < -0.39 is 0 Å². The van der Waals surface area contributed by atoms with Crippen LogP contribution < -0.4 is 5.73 Å². The van der Waals surface area contributed by atoms with E-state index in [2.05, 4.69) is 4.90 Å². The lowest BCUT2D eigenvalue weighted by Gasteiger charge is -2.36. The Morgan fingerprint density at radius 1 is 0.692 bits per heavy atom. The van der Waals surface area contributed by atoms with Crippen LogP contribution in [0.1, 0.15) is 51.4 Å². The first kappa shape index (κ1) is 25.4. The number of rotatable bonds is 8. The van der Waals surface area contributed by atoms with Gasteiger partial charge in [0, 0.05) is 45.7 Å². The van der Waals surface area contributed by atoms with Crippen molar-refractivity contribution in [3.05, 3.63) is 0 Å². The zero-order valence-corrected chi connectivity index (χ0v) is 17.5. The fraction of sp³-hybridized carbons (Fsp3) is 0.889. The summed E-state index contributed by atoms with van der Waals surface area (Å²) < 4.78 is 0. The number of likely N-dealkylation sites (tertiary alicyclic amines) is 1. The van der Waals surface area contributed by atoms with Gasteiger partial charge in [0.05, 0.1) is 6.54 Å². The van der Waals surface area contributed by atoms with Crippen LogP contribution in [0.2, 0.25) is 0 Å². The smallest absolute Gasteiger partial charge is 0.236 e. The van der Waals surface area contributed by atoms with Crippen LogP contribution in [0.15, 0.2) is 0 Å². The van der Waals surface area contributed by atoms with E-state index in [4.69, 9.17) is 5.73 Å². The Balaban J connectivity index is 0.00000312. The first-order valence-corrected chi connectivity index (χ1v) is 9.68. The number of carbonyl (C=O) groups excluding carboxylic acids is 2. The fourth-order valence-corrected chi connectivity index (χ4v) is 3.52. The van der Waals surface area contributed by atoms with Crippen molar-refractivity contribution in [2.24, 2.45) is 5.73 Å². The number of unbranched alkanes of at least 4 members (excludes halogenated alkanes) is 3. The molecule has 0 bridgehead atoms. The van der Waals surface area contributed by atoms with E-state index in [-0.39, 0.29) is 36.6 Å². The molecule has 2 amide bonds. The molecule has 0 unspecified atom stereocenters. The molecule has 2 N–H and O–H groups in total. The quantitative estimate of drug-likeness (QED) is 0.620. The third-order valence-electron chi connectivity index (χ3n) is 5.14. The van der Waals surface area contributed by atoms with Crippen molar-refractivity contribution in [1.82, 2.24) is 14.7 Å². The van der Waals surface area contributed by atoms with Gasteiger partial charge in [-0.1, -0.05) is 12.8 Å². The van der Waals surface area contributed by atoms with Crippen LogP contribution in [0, 0.1) is 0 Å². The molecule has 2 aliphatic heterocycles. The fourth-order valence-electron chi connectivity index (χ4n) is 3.52. The van der Waals surface area contributed by atoms with E-state index in [1.165, 1.54) is 6.42 Å². The summed E-state index contributed by atoms with van der Waals surface area (Å²) in [5, 5.41) is 0. The molecule has 0 saturated carbocycles. The molecule has 0 aromatic carbocycles. The Labute approximate surface area is 170 Å². The SMILES string of the molecule is Cl.Cl.NCCCCCCC(=O)N1CCN(CC(=O)N2CCCCC2)CC1. The predicted molar refractivity (Wildman–Crippen MR) is 110 cm³/mol. The summed E-state index contributed by atoms with van der Waals surface area (Å²) in [6, 6.07) is 0. The van der Waals surface area contributed by atoms with Crippen molar-refractivity contribution in [1.29, 1.82) is 0 Å².